The predicted molar refractivity (Wildman–Crippen MR) is 84.6 cm³/mol. The summed E-state index contributed by atoms with van der Waals surface area (Å²) < 4.78 is 43.2. The Morgan fingerprint density at radius 2 is 2.04 bits per heavy atom. The maximum atomic E-state index is 12.8. The molecule has 2 aromatic rings. The second kappa shape index (κ2) is 6.18. The van der Waals surface area contributed by atoms with Gasteiger partial charge in [0.2, 0.25) is 0 Å². The van der Waals surface area contributed by atoms with Crippen LogP contribution in [0.25, 0.3) is 10.9 Å². The number of halogens is 3. The Kier molecular flexibility index (Phi) is 4.32. The minimum Gasteiger partial charge on any atom is -0.505 e. The fourth-order valence-electron chi connectivity index (χ4n) is 2.93. The molecule has 3 rings (SSSR count). The van der Waals surface area contributed by atoms with Crippen LogP contribution in [-0.4, -0.2) is 52.9 Å². The van der Waals surface area contributed by atoms with Gasteiger partial charge in [0.15, 0.2) is 6.10 Å². The summed E-state index contributed by atoms with van der Waals surface area (Å²) in [5.41, 5.74) is 1.77. The number of amides is 1. The number of phenols is 1. The summed E-state index contributed by atoms with van der Waals surface area (Å²) in [5.74, 6) is -0.650. The summed E-state index contributed by atoms with van der Waals surface area (Å²) >= 11 is 0. The Labute approximate surface area is 142 Å². The number of phenolic OH excluding ortho intramolecular Hbond substituents is 1. The monoisotopic (exact) mass is 354 g/mol. The van der Waals surface area contributed by atoms with Gasteiger partial charge in [0.1, 0.15) is 17.0 Å². The van der Waals surface area contributed by atoms with E-state index in [9.17, 15) is 23.1 Å². The van der Waals surface area contributed by atoms with Crippen LogP contribution in [0, 0.1) is 13.8 Å². The van der Waals surface area contributed by atoms with Gasteiger partial charge in [-0.05, 0) is 31.0 Å². The van der Waals surface area contributed by atoms with Gasteiger partial charge in [-0.3, -0.25) is 4.79 Å². The number of carbonyl (C=O) groups is 1. The first-order chi connectivity index (χ1) is 11.7. The number of carbonyl (C=O) groups excluding carboxylic acids is 1. The minimum absolute atomic E-state index is 0.00405. The van der Waals surface area contributed by atoms with E-state index in [0.717, 1.165) is 10.5 Å². The lowest BCUT2D eigenvalue weighted by atomic mass is 10.0. The number of alkyl halides is 3. The van der Waals surface area contributed by atoms with E-state index in [2.05, 4.69) is 4.98 Å². The van der Waals surface area contributed by atoms with Gasteiger partial charge in [-0.15, -0.1) is 0 Å². The molecule has 1 aromatic heterocycles. The molecule has 25 heavy (non-hydrogen) atoms. The highest BCUT2D eigenvalue weighted by Gasteiger charge is 2.44. The fraction of sp³-hybridized carbons (Fsp3) is 0.412. The average Bonchev–Trinajstić information content (AvgIpc) is 2.58. The molecule has 0 saturated carbocycles. The van der Waals surface area contributed by atoms with Crippen molar-refractivity contribution in [2.24, 2.45) is 0 Å². The van der Waals surface area contributed by atoms with E-state index in [1.165, 1.54) is 6.07 Å². The number of benzene rings is 1. The molecule has 1 amide bonds. The van der Waals surface area contributed by atoms with E-state index in [0.29, 0.717) is 10.9 Å². The summed E-state index contributed by atoms with van der Waals surface area (Å²) in [6.45, 7) is 2.87. The Morgan fingerprint density at radius 1 is 1.32 bits per heavy atom. The Bertz CT molecular complexity index is 836. The van der Waals surface area contributed by atoms with Crippen molar-refractivity contribution in [1.82, 2.24) is 9.88 Å². The molecular weight excluding hydrogens is 337 g/mol. The van der Waals surface area contributed by atoms with E-state index in [1.54, 1.807) is 19.1 Å². The van der Waals surface area contributed by atoms with E-state index >= 15 is 0 Å². The number of aromatic hydroxyl groups is 1. The molecule has 8 heteroatoms. The lowest BCUT2D eigenvalue weighted by molar-refractivity contribution is -0.233. The first-order valence-corrected chi connectivity index (χ1v) is 7.76. The first-order valence-electron chi connectivity index (χ1n) is 7.76. The highest BCUT2D eigenvalue weighted by Crippen LogP contribution is 2.30. The van der Waals surface area contributed by atoms with Crippen LogP contribution >= 0.6 is 0 Å². The summed E-state index contributed by atoms with van der Waals surface area (Å²) in [5, 5.41) is 10.9. The Hall–Kier alpha value is -2.35. The van der Waals surface area contributed by atoms with Crippen LogP contribution in [-0.2, 0) is 4.74 Å². The first kappa shape index (κ1) is 17.5. The number of hydrogen-bond acceptors (Lipinski definition) is 4. The van der Waals surface area contributed by atoms with Crippen LogP contribution in [0.15, 0.2) is 18.2 Å². The smallest absolute Gasteiger partial charge is 0.416 e. The Morgan fingerprint density at radius 3 is 2.72 bits per heavy atom. The lowest BCUT2D eigenvalue weighted by Crippen LogP contribution is -2.51. The van der Waals surface area contributed by atoms with Crippen molar-refractivity contribution < 1.29 is 27.8 Å². The molecular formula is C17H17F3N2O3. The van der Waals surface area contributed by atoms with Crippen LogP contribution in [0.1, 0.15) is 21.6 Å². The zero-order valence-corrected chi connectivity index (χ0v) is 13.7. The van der Waals surface area contributed by atoms with Crippen molar-refractivity contribution in [3.8, 4) is 5.75 Å². The number of aromatic nitrogens is 1. The number of pyridine rings is 1. The molecule has 2 heterocycles. The maximum absolute atomic E-state index is 12.8. The normalized spacial score (nSPS) is 18.6. The van der Waals surface area contributed by atoms with Gasteiger partial charge >= 0.3 is 6.18 Å². The highest BCUT2D eigenvalue weighted by atomic mass is 19.4. The summed E-state index contributed by atoms with van der Waals surface area (Å²) in [6, 6.07) is 4.91. The van der Waals surface area contributed by atoms with E-state index in [-0.39, 0.29) is 30.1 Å². The van der Waals surface area contributed by atoms with Crippen LogP contribution in [0.4, 0.5) is 13.2 Å². The van der Waals surface area contributed by atoms with Gasteiger partial charge in [-0.25, -0.2) is 4.98 Å². The number of hydrogen-bond donors (Lipinski definition) is 1. The van der Waals surface area contributed by atoms with E-state index in [1.807, 2.05) is 6.92 Å². The molecule has 0 radical (unpaired) electrons. The zero-order chi connectivity index (χ0) is 18.4. The number of ether oxygens (including phenoxy) is 1. The topological polar surface area (TPSA) is 62.7 Å². The van der Waals surface area contributed by atoms with Crippen LogP contribution < -0.4 is 0 Å². The van der Waals surface area contributed by atoms with E-state index in [4.69, 9.17) is 4.74 Å². The largest absolute Gasteiger partial charge is 0.505 e. The second-order valence-electron chi connectivity index (χ2n) is 6.10. The molecule has 5 nitrogen and oxygen atoms in total. The minimum atomic E-state index is -4.53. The molecule has 1 atom stereocenters. The quantitative estimate of drug-likeness (QED) is 0.855. The van der Waals surface area contributed by atoms with Gasteiger partial charge in [0.25, 0.3) is 5.91 Å². The molecule has 1 aliphatic rings. The standard InChI is InChI=1S/C17H17F3N2O3/c1-9-7-10(2)15(23)14-11(9)3-4-12(21-14)16(24)22-5-6-25-13(8-22)17(18,19)20/h3-4,7,13,23H,5-6,8H2,1-2H3/t13-/m1/s1. The third-order valence-electron chi connectivity index (χ3n) is 4.29. The van der Waals surface area contributed by atoms with Gasteiger partial charge in [-0.1, -0.05) is 12.1 Å². The van der Waals surface area contributed by atoms with Gasteiger partial charge in [-0.2, -0.15) is 13.2 Å². The number of morpholine rings is 1. The van der Waals surface area contributed by atoms with E-state index < -0.39 is 24.7 Å². The van der Waals surface area contributed by atoms with Crippen molar-refractivity contribution in [2.75, 3.05) is 19.7 Å². The second-order valence-corrected chi connectivity index (χ2v) is 6.10. The van der Waals surface area contributed by atoms with Gasteiger partial charge in [0.05, 0.1) is 13.2 Å². The van der Waals surface area contributed by atoms with Crippen molar-refractivity contribution in [3.63, 3.8) is 0 Å². The molecule has 1 aliphatic heterocycles. The van der Waals surface area contributed by atoms with Gasteiger partial charge < -0.3 is 14.7 Å². The predicted octanol–water partition coefficient (Wildman–Crippen LogP) is 2.96. The van der Waals surface area contributed by atoms with Crippen LogP contribution in [0.5, 0.6) is 5.75 Å². The summed E-state index contributed by atoms with van der Waals surface area (Å²) in [4.78, 5) is 17.8. The average molecular weight is 354 g/mol. The molecule has 1 saturated heterocycles. The number of fused-ring (bicyclic) bond motifs is 1. The van der Waals surface area contributed by atoms with Crippen LogP contribution in [0.3, 0.4) is 0 Å². The molecule has 1 aromatic carbocycles. The highest BCUT2D eigenvalue weighted by molar-refractivity contribution is 5.97. The number of nitrogens with zero attached hydrogens (tertiary/aromatic N) is 2. The Balaban J connectivity index is 1.93. The number of aryl methyl sites for hydroxylation is 2. The molecule has 0 aliphatic carbocycles. The molecule has 0 spiro atoms. The zero-order valence-electron chi connectivity index (χ0n) is 13.7. The number of rotatable bonds is 1. The molecule has 134 valence electrons. The molecule has 0 unspecified atom stereocenters. The van der Waals surface area contributed by atoms with Crippen molar-refractivity contribution in [1.29, 1.82) is 0 Å². The summed E-state index contributed by atoms with van der Waals surface area (Å²) in [7, 11) is 0. The van der Waals surface area contributed by atoms with Crippen molar-refractivity contribution in [3.05, 3.63) is 35.0 Å². The van der Waals surface area contributed by atoms with Crippen molar-refractivity contribution >= 4 is 16.8 Å². The summed E-state index contributed by atoms with van der Waals surface area (Å²) in [6.07, 6.45) is -6.52. The molecule has 1 N–H and O–H groups in total. The molecule has 0 bridgehead atoms. The maximum Gasteiger partial charge on any atom is 0.416 e. The lowest BCUT2D eigenvalue weighted by Gasteiger charge is -2.33. The third kappa shape index (κ3) is 3.26. The molecule has 1 fully saturated rings. The van der Waals surface area contributed by atoms with Crippen LogP contribution in [0.2, 0.25) is 0 Å². The SMILES string of the molecule is Cc1cc(C)c2ccc(C(=O)N3CCO[C@@H](C(F)(F)F)C3)nc2c1O. The fourth-order valence-corrected chi connectivity index (χ4v) is 2.93. The van der Waals surface area contributed by atoms with Gasteiger partial charge in [0, 0.05) is 11.9 Å². The van der Waals surface area contributed by atoms with Crippen molar-refractivity contribution in [2.45, 2.75) is 26.1 Å². The third-order valence-corrected chi connectivity index (χ3v) is 4.29.